The van der Waals surface area contributed by atoms with Crippen molar-refractivity contribution in [3.8, 4) is 11.5 Å². The number of piperidine rings is 1. The fourth-order valence-corrected chi connectivity index (χ4v) is 3.88. The van der Waals surface area contributed by atoms with Crippen LogP contribution < -0.4 is 0 Å². The summed E-state index contributed by atoms with van der Waals surface area (Å²) >= 11 is 0. The van der Waals surface area contributed by atoms with Crippen LogP contribution in [0.5, 0.6) is 0 Å². The minimum Gasteiger partial charge on any atom is -0.348 e. The molecule has 4 heterocycles. The van der Waals surface area contributed by atoms with Gasteiger partial charge in [-0.1, -0.05) is 29.4 Å². The number of amides is 1. The molecule has 0 bridgehead atoms. The normalized spacial score (nSPS) is 15.1. The molecule has 1 fully saturated rings. The molecule has 0 saturated carbocycles. The highest BCUT2D eigenvalue weighted by Crippen LogP contribution is 2.29. The smallest absolute Gasteiger partial charge is 0.272 e. The molecule has 0 atom stereocenters. The monoisotopic (exact) mass is 387 g/mol. The van der Waals surface area contributed by atoms with Gasteiger partial charge in [0, 0.05) is 37.6 Å². The van der Waals surface area contributed by atoms with E-state index in [0.29, 0.717) is 30.5 Å². The van der Waals surface area contributed by atoms with Gasteiger partial charge in [0.05, 0.1) is 11.2 Å². The van der Waals surface area contributed by atoms with Crippen molar-refractivity contribution in [1.82, 2.24) is 24.6 Å². The molecule has 29 heavy (non-hydrogen) atoms. The van der Waals surface area contributed by atoms with Crippen molar-refractivity contribution in [3.05, 3.63) is 66.3 Å². The van der Waals surface area contributed by atoms with Crippen molar-refractivity contribution in [2.45, 2.75) is 18.8 Å². The first kappa shape index (κ1) is 17.6. The van der Waals surface area contributed by atoms with Crippen LogP contribution in [0, 0.1) is 0 Å². The van der Waals surface area contributed by atoms with Gasteiger partial charge < -0.3 is 14.0 Å². The van der Waals surface area contributed by atoms with E-state index in [1.54, 1.807) is 6.07 Å². The Morgan fingerprint density at radius 1 is 1.03 bits per heavy atom. The predicted octanol–water partition coefficient (Wildman–Crippen LogP) is 3.64. The highest BCUT2D eigenvalue weighted by atomic mass is 16.5. The second-order valence-corrected chi connectivity index (χ2v) is 7.42. The quantitative estimate of drug-likeness (QED) is 0.536. The zero-order valence-corrected chi connectivity index (χ0v) is 16.2. The van der Waals surface area contributed by atoms with E-state index in [1.807, 2.05) is 65.2 Å². The molecule has 0 spiro atoms. The fourth-order valence-electron chi connectivity index (χ4n) is 3.88. The van der Waals surface area contributed by atoms with Crippen molar-refractivity contribution < 1.29 is 9.32 Å². The number of hydrogen-bond acceptors (Lipinski definition) is 5. The number of carbonyl (C=O) groups is 1. The number of aryl methyl sites for hydroxylation is 1. The topological polar surface area (TPSA) is 77.0 Å². The SMILES string of the molecule is Cn1cccc1-c1noc(C2CCN(C(=O)c3ccc4ccccc4n3)CC2)n1. The summed E-state index contributed by atoms with van der Waals surface area (Å²) in [6.07, 6.45) is 3.55. The summed E-state index contributed by atoms with van der Waals surface area (Å²) in [5.41, 5.74) is 2.26. The first-order valence-electron chi connectivity index (χ1n) is 9.79. The van der Waals surface area contributed by atoms with Gasteiger partial charge in [0.2, 0.25) is 11.7 Å². The van der Waals surface area contributed by atoms with E-state index in [9.17, 15) is 4.79 Å². The van der Waals surface area contributed by atoms with Crippen LogP contribution in [0.3, 0.4) is 0 Å². The highest BCUT2D eigenvalue weighted by Gasteiger charge is 2.28. The zero-order valence-electron chi connectivity index (χ0n) is 16.2. The molecule has 1 aliphatic heterocycles. The molecule has 1 saturated heterocycles. The van der Waals surface area contributed by atoms with Gasteiger partial charge in [-0.3, -0.25) is 4.79 Å². The maximum atomic E-state index is 12.9. The Bertz CT molecular complexity index is 1170. The van der Waals surface area contributed by atoms with Crippen molar-refractivity contribution in [1.29, 1.82) is 0 Å². The lowest BCUT2D eigenvalue weighted by molar-refractivity contribution is 0.0699. The average molecular weight is 387 g/mol. The van der Waals surface area contributed by atoms with Crippen molar-refractivity contribution in [2.75, 3.05) is 13.1 Å². The number of nitrogens with zero attached hydrogens (tertiary/aromatic N) is 5. The largest absolute Gasteiger partial charge is 0.348 e. The average Bonchev–Trinajstić information content (AvgIpc) is 3.42. The van der Waals surface area contributed by atoms with Gasteiger partial charge in [-0.2, -0.15) is 4.98 Å². The number of likely N-dealkylation sites (tertiary alicyclic amines) is 1. The number of pyridine rings is 1. The van der Waals surface area contributed by atoms with Gasteiger partial charge in [0.15, 0.2) is 0 Å². The summed E-state index contributed by atoms with van der Waals surface area (Å²) in [4.78, 5) is 23.9. The third kappa shape index (κ3) is 3.29. The molecule has 1 aromatic carbocycles. The molecule has 3 aromatic heterocycles. The zero-order chi connectivity index (χ0) is 19.8. The standard InChI is InChI=1S/C22H21N5O2/c1-26-12-4-7-19(26)20-24-21(29-25-20)16-10-13-27(14-11-16)22(28)18-9-8-15-5-2-3-6-17(15)23-18/h2-9,12,16H,10-11,13-14H2,1H3. The molecule has 1 amide bonds. The van der Waals surface area contributed by atoms with E-state index in [0.717, 1.165) is 29.4 Å². The van der Waals surface area contributed by atoms with Crippen LogP contribution in [0.2, 0.25) is 0 Å². The fraction of sp³-hybridized carbons (Fsp3) is 0.273. The Hall–Kier alpha value is -3.48. The van der Waals surface area contributed by atoms with Crippen LogP contribution in [0.4, 0.5) is 0 Å². The molecule has 1 aliphatic rings. The first-order valence-corrected chi connectivity index (χ1v) is 9.79. The first-order chi connectivity index (χ1) is 14.2. The summed E-state index contributed by atoms with van der Waals surface area (Å²) in [5.74, 6) is 1.40. The molecule has 0 N–H and O–H groups in total. The second kappa shape index (κ2) is 7.16. The number of hydrogen-bond donors (Lipinski definition) is 0. The third-order valence-electron chi connectivity index (χ3n) is 5.56. The summed E-state index contributed by atoms with van der Waals surface area (Å²) in [6, 6.07) is 15.5. The Kier molecular flexibility index (Phi) is 4.35. The third-order valence-corrected chi connectivity index (χ3v) is 5.56. The van der Waals surface area contributed by atoms with E-state index < -0.39 is 0 Å². The molecule has 0 radical (unpaired) electrons. The maximum absolute atomic E-state index is 12.9. The Balaban J connectivity index is 1.27. The van der Waals surface area contributed by atoms with Crippen LogP contribution in [-0.2, 0) is 7.05 Å². The van der Waals surface area contributed by atoms with Crippen molar-refractivity contribution >= 4 is 16.8 Å². The van der Waals surface area contributed by atoms with Crippen molar-refractivity contribution in [2.24, 2.45) is 7.05 Å². The van der Waals surface area contributed by atoms with Gasteiger partial charge in [0.1, 0.15) is 5.69 Å². The van der Waals surface area contributed by atoms with Gasteiger partial charge in [0.25, 0.3) is 5.91 Å². The van der Waals surface area contributed by atoms with E-state index >= 15 is 0 Å². The highest BCUT2D eigenvalue weighted by molar-refractivity contribution is 5.95. The van der Waals surface area contributed by atoms with Crippen LogP contribution in [0.1, 0.15) is 35.1 Å². The summed E-state index contributed by atoms with van der Waals surface area (Å²) in [5, 5.41) is 5.16. The lowest BCUT2D eigenvalue weighted by Crippen LogP contribution is -2.38. The molecular weight excluding hydrogens is 366 g/mol. The minimum atomic E-state index is -0.0239. The molecule has 7 nitrogen and oxygen atoms in total. The number of benzene rings is 1. The summed E-state index contributed by atoms with van der Waals surface area (Å²) < 4.78 is 7.49. The van der Waals surface area contributed by atoms with E-state index in [1.165, 1.54) is 0 Å². The molecule has 4 aromatic rings. The number of para-hydroxylation sites is 1. The van der Waals surface area contributed by atoms with Crippen LogP contribution in [0.25, 0.3) is 22.4 Å². The molecule has 0 aliphatic carbocycles. The number of rotatable bonds is 3. The van der Waals surface area contributed by atoms with Gasteiger partial charge in [-0.05, 0) is 37.1 Å². The minimum absolute atomic E-state index is 0.0239. The summed E-state index contributed by atoms with van der Waals surface area (Å²) in [7, 11) is 1.95. The number of carbonyl (C=O) groups excluding carboxylic acids is 1. The van der Waals surface area contributed by atoms with E-state index in [4.69, 9.17) is 4.52 Å². The van der Waals surface area contributed by atoms with Crippen LogP contribution in [-0.4, -0.2) is 43.6 Å². The number of aromatic nitrogens is 4. The molecule has 0 unspecified atom stereocenters. The Morgan fingerprint density at radius 2 is 1.86 bits per heavy atom. The van der Waals surface area contributed by atoms with Gasteiger partial charge in [-0.15, -0.1) is 0 Å². The lowest BCUT2D eigenvalue weighted by atomic mass is 9.96. The summed E-state index contributed by atoms with van der Waals surface area (Å²) in [6.45, 7) is 1.31. The van der Waals surface area contributed by atoms with Crippen LogP contribution >= 0.6 is 0 Å². The molecule has 5 rings (SSSR count). The van der Waals surface area contributed by atoms with Gasteiger partial charge >= 0.3 is 0 Å². The lowest BCUT2D eigenvalue weighted by Gasteiger charge is -2.30. The Morgan fingerprint density at radius 3 is 2.66 bits per heavy atom. The molecular formula is C22H21N5O2. The van der Waals surface area contributed by atoms with Gasteiger partial charge in [-0.25, -0.2) is 4.98 Å². The maximum Gasteiger partial charge on any atom is 0.272 e. The number of fused-ring (bicyclic) bond motifs is 1. The van der Waals surface area contributed by atoms with E-state index in [-0.39, 0.29) is 11.8 Å². The second-order valence-electron chi connectivity index (χ2n) is 7.42. The Labute approximate surface area is 168 Å². The van der Waals surface area contributed by atoms with E-state index in [2.05, 4.69) is 15.1 Å². The van der Waals surface area contributed by atoms with Crippen molar-refractivity contribution in [3.63, 3.8) is 0 Å². The predicted molar refractivity (Wildman–Crippen MR) is 108 cm³/mol. The van der Waals surface area contributed by atoms with Crippen LogP contribution in [0.15, 0.2) is 59.3 Å². The molecule has 146 valence electrons. The molecule has 7 heteroatoms.